The van der Waals surface area contributed by atoms with Crippen molar-refractivity contribution in [2.75, 3.05) is 23.1 Å². The number of nitrogens with one attached hydrogen (secondary N) is 1. The second-order valence-corrected chi connectivity index (χ2v) is 9.85. The predicted octanol–water partition coefficient (Wildman–Crippen LogP) is 4.80. The van der Waals surface area contributed by atoms with Gasteiger partial charge in [-0.25, -0.2) is 9.69 Å². The molecule has 4 amide bonds. The highest BCUT2D eigenvalue weighted by atomic mass is 16.7. The van der Waals surface area contributed by atoms with Crippen molar-refractivity contribution in [1.29, 1.82) is 0 Å². The minimum atomic E-state index is -0.806. The Morgan fingerprint density at radius 2 is 1.81 bits per heavy atom. The van der Waals surface area contributed by atoms with E-state index < -0.39 is 17.8 Å². The number of anilines is 2. The molecule has 0 spiro atoms. The lowest BCUT2D eigenvalue weighted by Gasteiger charge is -2.43. The average Bonchev–Trinajstić information content (AvgIpc) is 3.27. The molecule has 8 nitrogen and oxygen atoms in total. The van der Waals surface area contributed by atoms with Crippen LogP contribution in [0.5, 0.6) is 11.5 Å². The summed E-state index contributed by atoms with van der Waals surface area (Å²) in [5.41, 5.74) is 5.07. The molecule has 0 aliphatic carbocycles. The Morgan fingerprint density at radius 3 is 2.56 bits per heavy atom. The third kappa shape index (κ3) is 3.82. The molecule has 1 fully saturated rings. The van der Waals surface area contributed by atoms with E-state index >= 15 is 0 Å². The van der Waals surface area contributed by atoms with Crippen molar-refractivity contribution < 1.29 is 23.9 Å². The van der Waals surface area contributed by atoms with Crippen LogP contribution < -0.4 is 24.6 Å². The highest BCUT2D eigenvalue weighted by Crippen LogP contribution is 2.41. The summed E-state index contributed by atoms with van der Waals surface area (Å²) < 4.78 is 10.7. The summed E-state index contributed by atoms with van der Waals surface area (Å²) in [6.45, 7) is 11.6. The maximum atomic E-state index is 13.4. The predicted molar refractivity (Wildman–Crippen MR) is 138 cm³/mol. The first-order valence-corrected chi connectivity index (χ1v) is 12.0. The van der Waals surface area contributed by atoms with Crippen LogP contribution in [0.25, 0.3) is 11.6 Å². The lowest BCUT2D eigenvalue weighted by Crippen LogP contribution is -2.54. The Labute approximate surface area is 210 Å². The highest BCUT2D eigenvalue weighted by molar-refractivity contribution is 6.39. The number of allylic oxidation sites excluding steroid dienone is 1. The van der Waals surface area contributed by atoms with Crippen LogP contribution in [0.4, 0.5) is 16.2 Å². The summed E-state index contributed by atoms with van der Waals surface area (Å²) in [7, 11) is 0. The summed E-state index contributed by atoms with van der Waals surface area (Å²) >= 11 is 0. The SMILES string of the molecule is CCCN1c2cc(C)c(/C=C3/C(=O)NC(=O)N(c4ccc5c(c4)OCO5)C3=O)cc2C(C)=CC1(C)C. The van der Waals surface area contributed by atoms with E-state index in [-0.39, 0.29) is 17.9 Å². The fourth-order valence-corrected chi connectivity index (χ4v) is 5.10. The topological polar surface area (TPSA) is 88.2 Å². The van der Waals surface area contributed by atoms with Crippen LogP contribution in [0.2, 0.25) is 0 Å². The molecule has 0 saturated carbocycles. The fourth-order valence-electron chi connectivity index (χ4n) is 5.10. The van der Waals surface area contributed by atoms with Gasteiger partial charge in [-0.3, -0.25) is 14.9 Å². The zero-order valence-corrected chi connectivity index (χ0v) is 21.1. The molecule has 8 heteroatoms. The number of nitrogens with zero attached hydrogens (tertiary/aromatic N) is 2. The molecule has 1 saturated heterocycles. The third-order valence-electron chi connectivity index (χ3n) is 6.83. The molecule has 186 valence electrons. The number of hydrogen-bond acceptors (Lipinski definition) is 6. The minimum absolute atomic E-state index is 0.0703. The Bertz CT molecular complexity index is 1370. The lowest BCUT2D eigenvalue weighted by atomic mass is 9.86. The van der Waals surface area contributed by atoms with E-state index in [1.807, 2.05) is 13.0 Å². The zero-order valence-electron chi connectivity index (χ0n) is 21.1. The van der Waals surface area contributed by atoms with Gasteiger partial charge < -0.3 is 14.4 Å². The molecule has 36 heavy (non-hydrogen) atoms. The largest absolute Gasteiger partial charge is 0.454 e. The molecular weight excluding hydrogens is 458 g/mol. The first-order chi connectivity index (χ1) is 17.1. The van der Waals surface area contributed by atoms with Gasteiger partial charge in [-0.1, -0.05) is 13.0 Å². The Kier molecular flexibility index (Phi) is 5.62. The lowest BCUT2D eigenvalue weighted by molar-refractivity contribution is -0.122. The number of amides is 4. The summed E-state index contributed by atoms with van der Waals surface area (Å²) in [6, 6.07) is 8.09. The fraction of sp³-hybridized carbons (Fsp3) is 0.321. The molecule has 0 radical (unpaired) electrons. The molecule has 0 atom stereocenters. The van der Waals surface area contributed by atoms with Crippen molar-refractivity contribution in [3.05, 3.63) is 58.7 Å². The Hall–Kier alpha value is -4.07. The molecule has 3 aliphatic rings. The van der Waals surface area contributed by atoms with Crippen LogP contribution in [0.15, 0.2) is 42.0 Å². The molecule has 5 rings (SSSR count). The van der Waals surface area contributed by atoms with E-state index in [2.05, 4.69) is 50.1 Å². The van der Waals surface area contributed by atoms with Gasteiger partial charge in [0.15, 0.2) is 11.5 Å². The van der Waals surface area contributed by atoms with E-state index in [0.29, 0.717) is 17.2 Å². The number of imide groups is 2. The highest BCUT2D eigenvalue weighted by Gasteiger charge is 2.38. The molecule has 3 heterocycles. The second kappa shape index (κ2) is 8.55. The summed E-state index contributed by atoms with van der Waals surface area (Å²) in [5, 5.41) is 2.29. The number of fused-ring (bicyclic) bond motifs is 2. The molecule has 2 aromatic rings. The minimum Gasteiger partial charge on any atom is -0.454 e. The molecule has 0 unspecified atom stereocenters. The normalized spacial score (nSPS) is 19.4. The molecule has 1 N–H and O–H groups in total. The number of benzene rings is 2. The summed E-state index contributed by atoms with van der Waals surface area (Å²) in [5.74, 6) is -0.451. The van der Waals surface area contributed by atoms with Gasteiger partial charge in [0.25, 0.3) is 11.8 Å². The number of aryl methyl sites for hydroxylation is 1. The van der Waals surface area contributed by atoms with Crippen molar-refractivity contribution in [3.63, 3.8) is 0 Å². The van der Waals surface area contributed by atoms with Gasteiger partial charge in [0, 0.05) is 23.9 Å². The number of ether oxygens (including phenoxy) is 2. The second-order valence-electron chi connectivity index (χ2n) is 9.85. The van der Waals surface area contributed by atoms with Gasteiger partial charge in [0.05, 0.1) is 11.2 Å². The zero-order chi connectivity index (χ0) is 25.8. The smallest absolute Gasteiger partial charge is 0.335 e. The van der Waals surface area contributed by atoms with Gasteiger partial charge in [-0.05, 0) is 81.2 Å². The van der Waals surface area contributed by atoms with E-state index in [1.54, 1.807) is 24.3 Å². The average molecular weight is 488 g/mol. The molecule has 3 aliphatic heterocycles. The number of rotatable bonds is 4. The van der Waals surface area contributed by atoms with Gasteiger partial charge in [0.1, 0.15) is 5.57 Å². The van der Waals surface area contributed by atoms with Crippen LogP contribution in [-0.4, -0.2) is 36.7 Å². The molecule has 2 aromatic carbocycles. The van der Waals surface area contributed by atoms with Crippen LogP contribution in [0.3, 0.4) is 0 Å². The van der Waals surface area contributed by atoms with Crippen LogP contribution in [-0.2, 0) is 9.59 Å². The van der Waals surface area contributed by atoms with E-state index in [4.69, 9.17) is 9.47 Å². The number of carbonyl (C=O) groups excluding carboxylic acids is 3. The van der Waals surface area contributed by atoms with Gasteiger partial charge in [0.2, 0.25) is 6.79 Å². The van der Waals surface area contributed by atoms with Crippen LogP contribution in [0.1, 0.15) is 50.8 Å². The van der Waals surface area contributed by atoms with Crippen LogP contribution >= 0.6 is 0 Å². The number of carbonyl (C=O) groups is 3. The molecular formula is C28H29N3O5. The van der Waals surface area contributed by atoms with Crippen molar-refractivity contribution in [2.45, 2.75) is 46.6 Å². The standard InChI is InChI=1S/C28H29N3O5/c1-6-9-30-22-10-16(2)18(11-20(22)17(3)14-28(30,4)5)12-21-25(32)29-27(34)31(26(21)33)19-7-8-23-24(13-19)36-15-35-23/h7-8,10-14H,6,9,15H2,1-5H3,(H,29,32,34)/b21-12-. The quantitative estimate of drug-likeness (QED) is 0.492. The number of urea groups is 1. The van der Waals surface area contributed by atoms with Crippen molar-refractivity contribution >= 4 is 40.9 Å². The summed E-state index contributed by atoms with van der Waals surface area (Å²) in [6.07, 6.45) is 4.83. The van der Waals surface area contributed by atoms with Gasteiger partial charge in [-0.15, -0.1) is 0 Å². The Morgan fingerprint density at radius 1 is 1.06 bits per heavy atom. The van der Waals surface area contributed by atoms with Crippen molar-refractivity contribution in [1.82, 2.24) is 5.32 Å². The first-order valence-electron chi connectivity index (χ1n) is 12.0. The third-order valence-corrected chi connectivity index (χ3v) is 6.83. The maximum absolute atomic E-state index is 13.4. The van der Waals surface area contributed by atoms with Crippen molar-refractivity contribution in [2.24, 2.45) is 0 Å². The van der Waals surface area contributed by atoms with Gasteiger partial charge in [-0.2, -0.15) is 0 Å². The molecule has 0 bridgehead atoms. The van der Waals surface area contributed by atoms with Crippen LogP contribution in [0, 0.1) is 6.92 Å². The maximum Gasteiger partial charge on any atom is 0.335 e. The summed E-state index contributed by atoms with van der Waals surface area (Å²) in [4.78, 5) is 42.1. The Balaban J connectivity index is 1.55. The monoisotopic (exact) mass is 487 g/mol. The van der Waals surface area contributed by atoms with E-state index in [0.717, 1.165) is 45.8 Å². The number of barbiturate groups is 1. The van der Waals surface area contributed by atoms with E-state index in [1.165, 1.54) is 0 Å². The van der Waals surface area contributed by atoms with Crippen molar-refractivity contribution in [3.8, 4) is 11.5 Å². The van der Waals surface area contributed by atoms with Gasteiger partial charge >= 0.3 is 6.03 Å². The first kappa shape index (κ1) is 23.7. The van der Waals surface area contributed by atoms with E-state index in [9.17, 15) is 14.4 Å². The molecule has 0 aromatic heterocycles. The number of hydrogen-bond donors (Lipinski definition) is 1.